The summed E-state index contributed by atoms with van der Waals surface area (Å²) in [6, 6.07) is 31.2. The van der Waals surface area contributed by atoms with Crippen molar-refractivity contribution < 1.29 is 50.8 Å². The highest BCUT2D eigenvalue weighted by Crippen LogP contribution is 2.43. The molecular formula is C48H44N4O11S2-2. The second-order valence-electron chi connectivity index (χ2n) is 15.2. The van der Waals surface area contributed by atoms with E-state index in [-0.39, 0.29) is 11.6 Å². The molecule has 0 amide bonds. The van der Waals surface area contributed by atoms with Gasteiger partial charge < -0.3 is 32.8 Å². The molecule has 0 bridgehead atoms. The Labute approximate surface area is 381 Å². The summed E-state index contributed by atoms with van der Waals surface area (Å²) in [4.78, 5) is 34.8. The quantitative estimate of drug-likeness (QED) is 0.0521. The van der Waals surface area contributed by atoms with Gasteiger partial charge in [-0.3, -0.25) is 17.0 Å². The number of pyridine rings is 2. The minimum absolute atomic E-state index is 0.250. The number of anilines is 2. The Morgan fingerprint density at radius 2 is 1.08 bits per heavy atom. The minimum atomic E-state index is -2.67. The molecule has 0 saturated heterocycles. The number of carbonyl (C=O) groups is 2. The zero-order valence-electron chi connectivity index (χ0n) is 35.5. The highest BCUT2D eigenvalue weighted by atomic mass is 32.2. The summed E-state index contributed by atoms with van der Waals surface area (Å²) in [5.74, 6) is 0.758. The number of hydrogen-bond donors (Lipinski definition) is 0. The Kier molecular flexibility index (Phi) is 14.1. The molecule has 6 aromatic rings. The highest BCUT2D eigenvalue weighted by Gasteiger charge is 2.32. The van der Waals surface area contributed by atoms with Crippen LogP contribution in [0.5, 0.6) is 23.0 Å². The molecule has 0 fully saturated rings. The summed E-state index contributed by atoms with van der Waals surface area (Å²) in [6.07, 6.45) is 6.72. The second-order valence-corrected chi connectivity index (χ2v) is 16.9. The Bertz CT molecular complexity index is 2700. The summed E-state index contributed by atoms with van der Waals surface area (Å²) >= 11 is -5.34. The maximum Gasteiger partial charge on any atom is 0.351 e. The minimum Gasteiger partial charge on any atom is -0.755 e. The van der Waals surface area contributed by atoms with Gasteiger partial charge >= 0.3 is 11.9 Å². The van der Waals surface area contributed by atoms with Gasteiger partial charge in [0.25, 0.3) is 0 Å². The van der Waals surface area contributed by atoms with Crippen molar-refractivity contribution in [3.05, 3.63) is 144 Å². The lowest BCUT2D eigenvalue weighted by Crippen LogP contribution is -2.33. The van der Waals surface area contributed by atoms with Crippen LogP contribution in [0.1, 0.15) is 60.0 Å². The van der Waals surface area contributed by atoms with Gasteiger partial charge in [-0.25, -0.2) is 19.6 Å². The average Bonchev–Trinajstić information content (AvgIpc) is 3.33. The summed E-state index contributed by atoms with van der Waals surface area (Å²) < 4.78 is 80.9. The fourth-order valence-electron chi connectivity index (χ4n) is 8.44. The molecule has 0 aliphatic heterocycles. The van der Waals surface area contributed by atoms with Gasteiger partial charge in [-0.2, -0.15) is 0 Å². The van der Waals surface area contributed by atoms with Crippen molar-refractivity contribution in [2.45, 2.75) is 50.6 Å². The van der Waals surface area contributed by atoms with E-state index in [2.05, 4.69) is 9.97 Å². The van der Waals surface area contributed by atoms with Gasteiger partial charge in [0.2, 0.25) is 0 Å². The predicted octanol–water partition coefficient (Wildman–Crippen LogP) is 7.71. The predicted molar refractivity (Wildman–Crippen MR) is 242 cm³/mol. The first-order valence-corrected chi connectivity index (χ1v) is 22.9. The highest BCUT2D eigenvalue weighted by molar-refractivity contribution is 7.80. The van der Waals surface area contributed by atoms with Crippen molar-refractivity contribution in [2.75, 3.05) is 36.0 Å². The molecule has 0 N–H and O–H groups in total. The van der Waals surface area contributed by atoms with E-state index in [4.69, 9.17) is 23.7 Å². The van der Waals surface area contributed by atoms with E-state index in [1.54, 1.807) is 69.1 Å². The molecule has 2 aliphatic carbocycles. The van der Waals surface area contributed by atoms with Crippen LogP contribution >= 0.6 is 0 Å². The third kappa shape index (κ3) is 10.2. The van der Waals surface area contributed by atoms with Gasteiger partial charge in [0.15, 0.2) is 13.2 Å². The van der Waals surface area contributed by atoms with Crippen LogP contribution in [-0.2, 0) is 49.7 Å². The van der Waals surface area contributed by atoms with Crippen molar-refractivity contribution in [2.24, 2.45) is 0 Å². The zero-order chi connectivity index (χ0) is 45.5. The lowest BCUT2D eigenvalue weighted by molar-refractivity contribution is -0.162. The number of methoxy groups -OCH3 is 2. The summed E-state index contributed by atoms with van der Waals surface area (Å²) in [7, 11) is 3.18. The Morgan fingerprint density at radius 3 is 1.54 bits per heavy atom. The van der Waals surface area contributed by atoms with Crippen LogP contribution in [0.4, 0.5) is 11.6 Å². The lowest BCUT2D eigenvalue weighted by atomic mass is 9.87. The second kappa shape index (κ2) is 20.5. The van der Waals surface area contributed by atoms with E-state index in [0.717, 1.165) is 39.1 Å². The van der Waals surface area contributed by atoms with E-state index in [1.807, 2.05) is 66.7 Å². The van der Waals surface area contributed by atoms with Gasteiger partial charge in [-0.15, -0.1) is 0 Å². The number of benzene rings is 4. The van der Waals surface area contributed by atoms with Crippen molar-refractivity contribution in [3.63, 3.8) is 0 Å². The van der Waals surface area contributed by atoms with Crippen molar-refractivity contribution in [1.82, 2.24) is 9.97 Å². The number of ether oxygens (including phenoxy) is 5. The third-order valence-corrected chi connectivity index (χ3v) is 13.0. The molecule has 2 aromatic heterocycles. The largest absolute Gasteiger partial charge is 0.755 e. The van der Waals surface area contributed by atoms with E-state index in [1.165, 1.54) is 8.61 Å². The SMILES string of the molecule is COc1ccc(-c2ccc(N(C3CCCc4c(OCC(=O)OC(=O)COc5cccc6c5CCCC6N(c5ccc(-c6cccc(OC)c6)cn5)S(=O)[O-])cccc43)S(=O)[O-])nc2)cc1. The number of nitrogens with zero attached hydrogens (tertiary/aromatic N) is 4. The molecule has 2 aliphatic rings. The van der Waals surface area contributed by atoms with E-state index >= 15 is 0 Å². The number of fused-ring (bicyclic) bond motifs is 2. The molecule has 8 rings (SSSR count). The van der Waals surface area contributed by atoms with Crippen LogP contribution in [0.15, 0.2) is 122 Å². The monoisotopic (exact) mass is 916 g/mol. The number of carbonyl (C=O) groups excluding carboxylic acids is 2. The Balaban J connectivity index is 0.890. The van der Waals surface area contributed by atoms with Crippen LogP contribution in [-0.4, -0.2) is 66.9 Å². The maximum atomic E-state index is 12.9. The molecule has 4 unspecified atom stereocenters. The number of rotatable bonds is 16. The molecule has 2 heterocycles. The van der Waals surface area contributed by atoms with Crippen LogP contribution in [0, 0.1) is 0 Å². The molecule has 336 valence electrons. The normalized spacial score (nSPS) is 16.2. The number of aromatic nitrogens is 2. The van der Waals surface area contributed by atoms with Crippen molar-refractivity contribution >= 4 is 46.1 Å². The molecule has 65 heavy (non-hydrogen) atoms. The molecular weight excluding hydrogens is 873 g/mol. The van der Waals surface area contributed by atoms with Crippen molar-refractivity contribution in [1.29, 1.82) is 0 Å². The van der Waals surface area contributed by atoms with Crippen LogP contribution in [0.2, 0.25) is 0 Å². The van der Waals surface area contributed by atoms with Gasteiger partial charge in [-0.05, 0) is 133 Å². The molecule has 0 spiro atoms. The topological polar surface area (TPSA) is 193 Å². The Morgan fingerprint density at radius 1 is 0.600 bits per heavy atom. The van der Waals surface area contributed by atoms with Crippen LogP contribution in [0.3, 0.4) is 0 Å². The number of esters is 2. The van der Waals surface area contributed by atoms with Gasteiger partial charge in [-0.1, -0.05) is 48.5 Å². The molecule has 17 heteroatoms. The zero-order valence-corrected chi connectivity index (χ0v) is 37.1. The average molecular weight is 917 g/mol. The molecule has 15 nitrogen and oxygen atoms in total. The molecule has 0 saturated carbocycles. The van der Waals surface area contributed by atoms with E-state index in [0.29, 0.717) is 66.9 Å². The third-order valence-electron chi connectivity index (χ3n) is 11.4. The number of hydrogen-bond acceptors (Lipinski definition) is 13. The first-order chi connectivity index (χ1) is 31.6. The lowest BCUT2D eigenvalue weighted by Gasteiger charge is -2.37. The standard InChI is InChI=1S/C48H46N4O11S2/c1-59-35-22-18-31(19-23-35)33-20-24-45(49-27-33)51(64(55)56)41-14-4-12-39-37(41)10-6-16-43(39)61-29-47(53)63-48(54)30-62-44-17-7-11-38-40(44)13-5-15-42(38)52(65(57)58)46-25-21-34(28-50-46)32-8-3-9-36(26-32)60-2/h3,6-11,16-28,41-42H,4-5,12-15,29-30H2,1-2H3,(H,55,56)(H,57,58)/p-2. The Hall–Kier alpha value is -6.66. The van der Waals surface area contributed by atoms with Gasteiger partial charge in [0.05, 0.1) is 26.3 Å². The fraction of sp³-hybridized carbons (Fsp3) is 0.250. The van der Waals surface area contributed by atoms with Gasteiger partial charge in [0, 0.05) is 46.1 Å². The smallest absolute Gasteiger partial charge is 0.351 e. The van der Waals surface area contributed by atoms with Crippen LogP contribution < -0.4 is 27.6 Å². The first-order valence-electron chi connectivity index (χ1n) is 20.8. The molecule has 4 aromatic carbocycles. The molecule has 0 radical (unpaired) electrons. The van der Waals surface area contributed by atoms with Gasteiger partial charge in [0.1, 0.15) is 34.6 Å². The van der Waals surface area contributed by atoms with Crippen molar-refractivity contribution in [3.8, 4) is 45.3 Å². The van der Waals surface area contributed by atoms with Crippen LogP contribution in [0.25, 0.3) is 22.3 Å². The molecule has 4 atom stereocenters. The summed E-state index contributed by atoms with van der Waals surface area (Å²) in [5.41, 5.74) is 6.27. The first kappa shape index (κ1) is 44.9. The fourth-order valence-corrected chi connectivity index (χ4v) is 9.81. The van der Waals surface area contributed by atoms with E-state index < -0.39 is 59.8 Å². The van der Waals surface area contributed by atoms with E-state index in [9.17, 15) is 27.1 Å². The maximum absolute atomic E-state index is 12.9. The summed E-state index contributed by atoms with van der Waals surface area (Å²) in [5, 5.41) is 0. The summed E-state index contributed by atoms with van der Waals surface area (Å²) in [6.45, 7) is -1.17.